The van der Waals surface area contributed by atoms with Crippen molar-refractivity contribution in [2.24, 2.45) is 0 Å². The van der Waals surface area contributed by atoms with Crippen LogP contribution in [0.1, 0.15) is 10.6 Å². The number of aromatic nitrogens is 2. The molecule has 1 heterocycles. The van der Waals surface area contributed by atoms with E-state index in [-0.39, 0.29) is 5.82 Å². The average molecular weight is 219 g/mol. The zero-order chi connectivity index (χ0) is 10.7. The first kappa shape index (κ1) is 9.80. The van der Waals surface area contributed by atoms with Crippen molar-refractivity contribution in [1.82, 2.24) is 9.97 Å². The quantitative estimate of drug-likeness (QED) is 0.728. The number of nitrogens with zero attached hydrogens (tertiary/aromatic N) is 2. The summed E-state index contributed by atoms with van der Waals surface area (Å²) in [4.78, 5) is 18.7. The lowest BCUT2D eigenvalue weighted by molar-refractivity contribution is 0.107. The van der Waals surface area contributed by atoms with Crippen molar-refractivity contribution in [3.8, 4) is 11.3 Å². The summed E-state index contributed by atoms with van der Waals surface area (Å²) < 4.78 is 0. The average Bonchev–Trinajstić information content (AvgIpc) is 2.30. The molecule has 0 amide bonds. The zero-order valence-corrected chi connectivity index (χ0v) is 8.48. The minimum Gasteiger partial charge on any atom is -0.272 e. The summed E-state index contributed by atoms with van der Waals surface area (Å²) >= 11 is 5.30. The summed E-state index contributed by atoms with van der Waals surface area (Å²) in [6.07, 6.45) is 1.52. The van der Waals surface area contributed by atoms with E-state index in [4.69, 9.17) is 11.6 Å². The Labute approximate surface area is 91.8 Å². The van der Waals surface area contributed by atoms with Crippen LogP contribution in [-0.2, 0) is 0 Å². The molecule has 0 saturated carbocycles. The maximum Gasteiger partial charge on any atom is 0.289 e. The lowest BCUT2D eigenvalue weighted by Crippen LogP contribution is -1.99. The van der Waals surface area contributed by atoms with Crippen LogP contribution in [0.15, 0.2) is 42.6 Å². The molecule has 2 rings (SSSR count). The monoisotopic (exact) mass is 218 g/mol. The van der Waals surface area contributed by atoms with Crippen molar-refractivity contribution in [2.75, 3.05) is 0 Å². The Bertz CT molecular complexity index is 485. The molecule has 15 heavy (non-hydrogen) atoms. The predicted molar refractivity (Wildman–Crippen MR) is 57.7 cm³/mol. The number of hydrogen-bond acceptors (Lipinski definition) is 3. The first-order valence-electron chi connectivity index (χ1n) is 4.35. The number of benzene rings is 1. The van der Waals surface area contributed by atoms with Gasteiger partial charge in [-0.2, -0.15) is 0 Å². The maximum atomic E-state index is 10.9. The number of rotatable bonds is 2. The Morgan fingerprint density at radius 2 is 1.87 bits per heavy atom. The van der Waals surface area contributed by atoms with Crippen LogP contribution in [0, 0.1) is 0 Å². The largest absolute Gasteiger partial charge is 0.289 e. The topological polar surface area (TPSA) is 42.9 Å². The molecule has 4 heteroatoms. The third kappa shape index (κ3) is 2.19. The van der Waals surface area contributed by atoms with Gasteiger partial charge in [-0.25, -0.2) is 9.97 Å². The fourth-order valence-electron chi connectivity index (χ4n) is 1.22. The van der Waals surface area contributed by atoms with Gasteiger partial charge in [0.2, 0.25) is 5.82 Å². The third-order valence-electron chi connectivity index (χ3n) is 1.90. The summed E-state index contributed by atoms with van der Waals surface area (Å²) in [7, 11) is 0. The molecule has 0 radical (unpaired) electrons. The zero-order valence-electron chi connectivity index (χ0n) is 7.72. The van der Waals surface area contributed by atoms with Gasteiger partial charge < -0.3 is 0 Å². The van der Waals surface area contributed by atoms with Crippen LogP contribution in [0.5, 0.6) is 0 Å². The van der Waals surface area contributed by atoms with E-state index in [1.54, 1.807) is 6.07 Å². The van der Waals surface area contributed by atoms with Gasteiger partial charge in [0.05, 0.1) is 5.69 Å². The van der Waals surface area contributed by atoms with Crippen LogP contribution in [0.2, 0.25) is 0 Å². The molecule has 0 unspecified atom stereocenters. The van der Waals surface area contributed by atoms with Gasteiger partial charge >= 0.3 is 0 Å². The third-order valence-corrected chi connectivity index (χ3v) is 2.07. The minimum absolute atomic E-state index is 0.0259. The molecule has 0 fully saturated rings. The highest BCUT2D eigenvalue weighted by atomic mass is 35.5. The summed E-state index contributed by atoms with van der Waals surface area (Å²) in [5, 5.41) is -0.646. The van der Waals surface area contributed by atoms with Crippen LogP contribution >= 0.6 is 11.6 Å². The van der Waals surface area contributed by atoms with Gasteiger partial charge in [-0.05, 0) is 17.7 Å². The second-order valence-electron chi connectivity index (χ2n) is 2.91. The molecule has 0 N–H and O–H groups in total. The molecule has 1 aromatic carbocycles. The Balaban J connectivity index is 2.46. The van der Waals surface area contributed by atoms with Crippen LogP contribution < -0.4 is 0 Å². The molecule has 74 valence electrons. The SMILES string of the molecule is O=C(Cl)c1nccc(-c2ccccc2)n1. The first-order valence-corrected chi connectivity index (χ1v) is 4.73. The molecule has 0 atom stereocenters. The number of halogens is 1. The van der Waals surface area contributed by atoms with Crippen LogP contribution in [0.25, 0.3) is 11.3 Å². The summed E-state index contributed by atoms with van der Waals surface area (Å²) in [6, 6.07) is 11.3. The highest BCUT2D eigenvalue weighted by Gasteiger charge is 2.06. The van der Waals surface area contributed by atoms with Crippen molar-refractivity contribution in [3.05, 3.63) is 48.4 Å². The molecule has 0 spiro atoms. The van der Waals surface area contributed by atoms with E-state index in [1.807, 2.05) is 30.3 Å². The van der Waals surface area contributed by atoms with Crippen molar-refractivity contribution in [1.29, 1.82) is 0 Å². The van der Waals surface area contributed by atoms with Gasteiger partial charge in [-0.15, -0.1) is 0 Å². The van der Waals surface area contributed by atoms with Gasteiger partial charge in [0.25, 0.3) is 5.24 Å². The van der Waals surface area contributed by atoms with Crippen molar-refractivity contribution < 1.29 is 4.79 Å². The van der Waals surface area contributed by atoms with E-state index in [2.05, 4.69) is 9.97 Å². The summed E-state index contributed by atoms with van der Waals surface area (Å²) in [6.45, 7) is 0. The Morgan fingerprint density at radius 1 is 1.13 bits per heavy atom. The van der Waals surface area contributed by atoms with Crippen molar-refractivity contribution in [2.45, 2.75) is 0 Å². The minimum atomic E-state index is -0.646. The van der Waals surface area contributed by atoms with Gasteiger partial charge in [-0.3, -0.25) is 4.79 Å². The Morgan fingerprint density at radius 3 is 2.53 bits per heavy atom. The van der Waals surface area contributed by atoms with E-state index >= 15 is 0 Å². The van der Waals surface area contributed by atoms with Crippen molar-refractivity contribution in [3.63, 3.8) is 0 Å². The van der Waals surface area contributed by atoms with Crippen LogP contribution in [-0.4, -0.2) is 15.2 Å². The summed E-state index contributed by atoms with van der Waals surface area (Å²) in [5.74, 6) is 0.0259. The molecule has 1 aromatic heterocycles. The molecule has 0 aliphatic rings. The standard InChI is InChI=1S/C11H7ClN2O/c12-10(15)11-13-7-6-9(14-11)8-4-2-1-3-5-8/h1-7H. The second kappa shape index (κ2) is 4.19. The van der Waals surface area contributed by atoms with Crippen LogP contribution in [0.3, 0.4) is 0 Å². The predicted octanol–water partition coefficient (Wildman–Crippen LogP) is 2.52. The number of carbonyl (C=O) groups excluding carboxylic acids is 1. The molecular weight excluding hydrogens is 212 g/mol. The maximum absolute atomic E-state index is 10.9. The van der Waals surface area contributed by atoms with Crippen molar-refractivity contribution >= 4 is 16.8 Å². The molecular formula is C11H7ClN2O. The molecule has 2 aromatic rings. The fraction of sp³-hybridized carbons (Fsp3) is 0. The first-order chi connectivity index (χ1) is 7.27. The van der Waals surface area contributed by atoms with Gasteiger partial charge in [0.15, 0.2) is 0 Å². The van der Waals surface area contributed by atoms with E-state index in [1.165, 1.54) is 6.20 Å². The molecule has 0 saturated heterocycles. The Hall–Kier alpha value is -1.74. The van der Waals surface area contributed by atoms with Gasteiger partial charge in [0.1, 0.15) is 0 Å². The van der Waals surface area contributed by atoms with E-state index in [0.29, 0.717) is 5.69 Å². The fourth-order valence-corrected chi connectivity index (χ4v) is 1.31. The Kier molecular flexibility index (Phi) is 2.74. The molecule has 0 aliphatic heterocycles. The molecule has 0 aliphatic carbocycles. The molecule has 3 nitrogen and oxygen atoms in total. The lowest BCUT2D eigenvalue weighted by Gasteiger charge is -2.00. The van der Waals surface area contributed by atoms with E-state index < -0.39 is 5.24 Å². The highest BCUT2D eigenvalue weighted by molar-refractivity contribution is 6.67. The van der Waals surface area contributed by atoms with E-state index in [0.717, 1.165) is 5.56 Å². The van der Waals surface area contributed by atoms with E-state index in [9.17, 15) is 4.79 Å². The highest BCUT2D eigenvalue weighted by Crippen LogP contribution is 2.15. The van der Waals surface area contributed by atoms with Gasteiger partial charge in [0, 0.05) is 11.8 Å². The normalized spacial score (nSPS) is 9.93. The second-order valence-corrected chi connectivity index (χ2v) is 3.25. The lowest BCUT2D eigenvalue weighted by atomic mass is 10.1. The molecule has 0 bridgehead atoms. The number of hydrogen-bond donors (Lipinski definition) is 0. The van der Waals surface area contributed by atoms with Crippen LogP contribution in [0.4, 0.5) is 0 Å². The van der Waals surface area contributed by atoms with Gasteiger partial charge in [-0.1, -0.05) is 30.3 Å². The smallest absolute Gasteiger partial charge is 0.272 e. The number of carbonyl (C=O) groups is 1. The summed E-state index contributed by atoms with van der Waals surface area (Å²) in [5.41, 5.74) is 1.62.